The quantitative estimate of drug-likeness (QED) is 0.197. The van der Waals surface area contributed by atoms with E-state index in [1.807, 2.05) is 60.7 Å². The number of aromatic nitrogens is 5. The Hall–Kier alpha value is -5.98. The zero-order chi connectivity index (χ0) is 30.6. The molecule has 0 bridgehead atoms. The smallest absolute Gasteiger partial charge is 0.226 e. The maximum atomic E-state index is 6.48. The topological polar surface area (TPSA) is 77.6 Å². The standard InChI is InChI=1S/C39H22ClN5O/c40-39-44-37(27-16-15-23-7-1-2-9-25(23)21-27)43-38(45-39)31-14-6-13-30-32-22-26(17-18-33(32)46-36(30)31)34-35(42-20-19-41-34)29-12-5-10-24-8-3-4-11-28(24)29/h1-22H. The van der Waals surface area contributed by atoms with Crippen molar-refractivity contribution in [3.8, 4) is 45.3 Å². The van der Waals surface area contributed by atoms with Gasteiger partial charge in [0.25, 0.3) is 0 Å². The van der Waals surface area contributed by atoms with E-state index in [2.05, 4.69) is 70.6 Å². The van der Waals surface area contributed by atoms with E-state index in [-0.39, 0.29) is 5.28 Å². The van der Waals surface area contributed by atoms with E-state index in [0.29, 0.717) is 17.2 Å². The number of fused-ring (bicyclic) bond motifs is 5. The molecule has 0 aliphatic heterocycles. The van der Waals surface area contributed by atoms with Crippen LogP contribution in [0.3, 0.4) is 0 Å². The molecule has 0 N–H and O–H groups in total. The number of furan rings is 1. The highest BCUT2D eigenvalue weighted by molar-refractivity contribution is 6.28. The molecule has 0 aliphatic carbocycles. The third kappa shape index (κ3) is 4.38. The Morgan fingerprint density at radius 2 is 1.17 bits per heavy atom. The third-order valence-electron chi connectivity index (χ3n) is 8.37. The van der Waals surface area contributed by atoms with Gasteiger partial charge in [-0.1, -0.05) is 91.0 Å². The Kier molecular flexibility index (Phi) is 6.08. The van der Waals surface area contributed by atoms with E-state index >= 15 is 0 Å². The van der Waals surface area contributed by atoms with Gasteiger partial charge in [-0.25, -0.2) is 4.98 Å². The monoisotopic (exact) mass is 611 g/mol. The van der Waals surface area contributed by atoms with Crippen molar-refractivity contribution in [3.63, 3.8) is 0 Å². The molecule has 0 aliphatic rings. The molecule has 9 aromatic rings. The zero-order valence-electron chi connectivity index (χ0n) is 24.2. The molecule has 6 nitrogen and oxygen atoms in total. The van der Waals surface area contributed by atoms with Crippen molar-refractivity contribution in [2.24, 2.45) is 0 Å². The molecule has 9 rings (SSSR count). The molecule has 3 aromatic heterocycles. The van der Waals surface area contributed by atoms with Crippen LogP contribution in [0.4, 0.5) is 0 Å². The van der Waals surface area contributed by atoms with Gasteiger partial charge < -0.3 is 4.42 Å². The molecule has 0 fully saturated rings. The average Bonchev–Trinajstić information content (AvgIpc) is 3.49. The molecule has 0 unspecified atom stereocenters. The summed E-state index contributed by atoms with van der Waals surface area (Å²) in [5.41, 5.74) is 6.62. The Morgan fingerprint density at radius 3 is 2.09 bits per heavy atom. The molecule has 0 amide bonds. The molecule has 7 heteroatoms. The summed E-state index contributed by atoms with van der Waals surface area (Å²) in [7, 11) is 0. The van der Waals surface area contributed by atoms with Crippen molar-refractivity contribution in [2.45, 2.75) is 0 Å². The van der Waals surface area contributed by atoms with Crippen molar-refractivity contribution >= 4 is 55.1 Å². The lowest BCUT2D eigenvalue weighted by molar-refractivity contribution is 0.669. The van der Waals surface area contributed by atoms with Crippen LogP contribution in [0.15, 0.2) is 138 Å². The van der Waals surface area contributed by atoms with Gasteiger partial charge in [0.05, 0.1) is 17.0 Å². The summed E-state index contributed by atoms with van der Waals surface area (Å²) in [6.07, 6.45) is 3.47. The first-order valence-electron chi connectivity index (χ1n) is 14.9. The number of halogens is 1. The van der Waals surface area contributed by atoms with Gasteiger partial charge in [-0.3, -0.25) is 9.97 Å². The minimum Gasteiger partial charge on any atom is -0.455 e. The summed E-state index contributed by atoms with van der Waals surface area (Å²) < 4.78 is 6.46. The first-order chi connectivity index (χ1) is 22.7. The summed E-state index contributed by atoms with van der Waals surface area (Å²) in [6, 6.07) is 41.0. The predicted molar refractivity (Wildman–Crippen MR) is 184 cm³/mol. The van der Waals surface area contributed by atoms with Gasteiger partial charge in [-0.2, -0.15) is 9.97 Å². The van der Waals surface area contributed by atoms with Gasteiger partial charge in [0.2, 0.25) is 5.28 Å². The van der Waals surface area contributed by atoms with Gasteiger partial charge in [0, 0.05) is 39.9 Å². The van der Waals surface area contributed by atoms with Gasteiger partial charge in [-0.05, 0) is 63.5 Å². The fourth-order valence-corrected chi connectivity index (χ4v) is 6.39. The summed E-state index contributed by atoms with van der Waals surface area (Å²) in [4.78, 5) is 23.4. The molecule has 0 spiro atoms. The lowest BCUT2D eigenvalue weighted by Gasteiger charge is -2.10. The first-order valence-corrected chi connectivity index (χ1v) is 15.2. The minimum atomic E-state index is 0.118. The lowest BCUT2D eigenvalue weighted by Crippen LogP contribution is -1.97. The number of benzene rings is 6. The van der Waals surface area contributed by atoms with Crippen LogP contribution in [0.1, 0.15) is 0 Å². The molecule has 0 atom stereocenters. The van der Waals surface area contributed by atoms with Gasteiger partial charge in [-0.15, -0.1) is 0 Å². The first kappa shape index (κ1) is 26.4. The lowest BCUT2D eigenvalue weighted by atomic mass is 9.97. The molecule has 3 heterocycles. The van der Waals surface area contributed by atoms with E-state index in [9.17, 15) is 0 Å². The Bertz CT molecular complexity index is 2620. The second kappa shape index (κ2) is 10.6. The second-order valence-corrected chi connectivity index (χ2v) is 11.4. The minimum absolute atomic E-state index is 0.118. The molecular formula is C39H22ClN5O. The largest absolute Gasteiger partial charge is 0.455 e. The van der Waals surface area contributed by atoms with Crippen LogP contribution >= 0.6 is 11.6 Å². The van der Waals surface area contributed by atoms with Gasteiger partial charge in [0.1, 0.15) is 11.2 Å². The third-order valence-corrected chi connectivity index (χ3v) is 8.54. The number of nitrogens with zero attached hydrogens (tertiary/aromatic N) is 5. The number of rotatable bonds is 4. The van der Waals surface area contributed by atoms with Crippen molar-refractivity contribution < 1.29 is 4.42 Å². The highest BCUT2D eigenvalue weighted by Crippen LogP contribution is 2.39. The Balaban J connectivity index is 1.18. The maximum absolute atomic E-state index is 6.48. The summed E-state index contributed by atoms with van der Waals surface area (Å²) in [6.45, 7) is 0. The van der Waals surface area contributed by atoms with Crippen molar-refractivity contribution in [3.05, 3.63) is 139 Å². The van der Waals surface area contributed by atoms with E-state index in [1.165, 1.54) is 0 Å². The van der Waals surface area contributed by atoms with Crippen LogP contribution in [0.25, 0.3) is 88.8 Å². The Labute approximate surface area is 268 Å². The molecular weight excluding hydrogens is 590 g/mol. The molecule has 0 saturated carbocycles. The summed E-state index contributed by atoms with van der Waals surface area (Å²) in [5.74, 6) is 0.944. The van der Waals surface area contributed by atoms with Crippen LogP contribution in [-0.4, -0.2) is 24.9 Å². The zero-order valence-corrected chi connectivity index (χ0v) is 25.0. The molecule has 46 heavy (non-hydrogen) atoms. The van der Waals surface area contributed by atoms with E-state index in [0.717, 1.165) is 71.5 Å². The highest BCUT2D eigenvalue weighted by atomic mass is 35.5. The van der Waals surface area contributed by atoms with Crippen molar-refractivity contribution in [2.75, 3.05) is 0 Å². The fourth-order valence-electron chi connectivity index (χ4n) is 6.23. The normalized spacial score (nSPS) is 11.6. The Morgan fingerprint density at radius 1 is 0.478 bits per heavy atom. The number of hydrogen-bond donors (Lipinski definition) is 0. The molecule has 0 radical (unpaired) electrons. The van der Waals surface area contributed by atoms with E-state index < -0.39 is 0 Å². The van der Waals surface area contributed by atoms with Crippen LogP contribution in [-0.2, 0) is 0 Å². The van der Waals surface area contributed by atoms with Gasteiger partial charge >= 0.3 is 0 Å². The summed E-state index contributed by atoms with van der Waals surface area (Å²) in [5, 5.41) is 6.54. The number of hydrogen-bond acceptors (Lipinski definition) is 6. The van der Waals surface area contributed by atoms with Gasteiger partial charge in [0.15, 0.2) is 11.6 Å². The molecule has 216 valence electrons. The van der Waals surface area contributed by atoms with E-state index in [1.54, 1.807) is 12.4 Å². The number of para-hydroxylation sites is 1. The molecule has 6 aromatic carbocycles. The SMILES string of the molecule is Clc1nc(-c2ccc3ccccc3c2)nc(-c2cccc3c2oc2ccc(-c4nccnc4-c4cccc5ccccc45)cc23)n1. The van der Waals surface area contributed by atoms with E-state index in [4.69, 9.17) is 31.0 Å². The highest BCUT2D eigenvalue weighted by Gasteiger charge is 2.19. The van der Waals surface area contributed by atoms with Crippen LogP contribution < -0.4 is 0 Å². The van der Waals surface area contributed by atoms with Crippen molar-refractivity contribution in [1.29, 1.82) is 0 Å². The summed E-state index contributed by atoms with van der Waals surface area (Å²) >= 11 is 6.48. The average molecular weight is 612 g/mol. The van der Waals surface area contributed by atoms with Crippen LogP contribution in [0.5, 0.6) is 0 Å². The maximum Gasteiger partial charge on any atom is 0.226 e. The van der Waals surface area contributed by atoms with Crippen LogP contribution in [0.2, 0.25) is 5.28 Å². The fraction of sp³-hybridized carbons (Fsp3) is 0. The van der Waals surface area contributed by atoms with Crippen molar-refractivity contribution in [1.82, 2.24) is 24.9 Å². The predicted octanol–water partition coefficient (Wildman–Crippen LogP) is 10.2. The second-order valence-electron chi connectivity index (χ2n) is 11.1. The van der Waals surface area contributed by atoms with Crippen LogP contribution in [0, 0.1) is 0 Å². The molecule has 0 saturated heterocycles.